The van der Waals surface area contributed by atoms with Crippen molar-refractivity contribution in [1.82, 2.24) is 10.6 Å². The first kappa shape index (κ1) is 12.6. The molecule has 0 aromatic rings. The number of methoxy groups -OCH3 is 1. The van der Waals surface area contributed by atoms with Crippen molar-refractivity contribution in [2.75, 3.05) is 27.2 Å². The summed E-state index contributed by atoms with van der Waals surface area (Å²) >= 11 is 0. The quantitative estimate of drug-likeness (QED) is 0.355. The highest BCUT2D eigenvalue weighted by atomic mass is 16.5. The maximum Gasteiger partial charge on any atom is 0.333 e. The third-order valence-corrected chi connectivity index (χ3v) is 1.62. The number of hydrogen-bond donors (Lipinski definition) is 2. The van der Waals surface area contributed by atoms with Gasteiger partial charge in [0.05, 0.1) is 13.7 Å². The second-order valence-electron chi connectivity index (χ2n) is 2.68. The standard InChI is InChI=1S/C9H16N2O3/c1-7(9(13)14-3)4-5-11-6-8(12)10-2/h4,11H,5-6H2,1-3H3,(H,10,12)/b7-4-. The van der Waals surface area contributed by atoms with Gasteiger partial charge in [0.1, 0.15) is 0 Å². The van der Waals surface area contributed by atoms with Gasteiger partial charge in [-0.15, -0.1) is 0 Å². The van der Waals surface area contributed by atoms with Crippen LogP contribution in [-0.4, -0.2) is 39.1 Å². The van der Waals surface area contributed by atoms with E-state index in [9.17, 15) is 9.59 Å². The molecule has 0 heterocycles. The first-order valence-electron chi connectivity index (χ1n) is 4.28. The molecule has 0 saturated carbocycles. The van der Waals surface area contributed by atoms with Crippen LogP contribution in [0.2, 0.25) is 0 Å². The van der Waals surface area contributed by atoms with E-state index in [1.807, 2.05) is 0 Å². The van der Waals surface area contributed by atoms with Crippen LogP contribution >= 0.6 is 0 Å². The predicted octanol–water partition coefficient (Wildman–Crippen LogP) is -0.559. The van der Waals surface area contributed by atoms with E-state index in [2.05, 4.69) is 15.4 Å². The number of amides is 1. The molecule has 0 fully saturated rings. The van der Waals surface area contributed by atoms with E-state index in [1.165, 1.54) is 7.11 Å². The highest BCUT2D eigenvalue weighted by Crippen LogP contribution is 1.93. The molecule has 0 atom stereocenters. The van der Waals surface area contributed by atoms with Gasteiger partial charge in [-0.3, -0.25) is 4.79 Å². The van der Waals surface area contributed by atoms with Gasteiger partial charge in [0.2, 0.25) is 5.91 Å². The molecule has 0 saturated heterocycles. The van der Waals surface area contributed by atoms with E-state index in [0.29, 0.717) is 12.1 Å². The van der Waals surface area contributed by atoms with E-state index >= 15 is 0 Å². The van der Waals surface area contributed by atoms with Gasteiger partial charge in [0, 0.05) is 19.2 Å². The fourth-order valence-electron chi connectivity index (χ4n) is 0.744. The number of carbonyl (C=O) groups excluding carboxylic acids is 2. The Morgan fingerprint density at radius 2 is 2.07 bits per heavy atom. The lowest BCUT2D eigenvalue weighted by Crippen LogP contribution is -2.31. The van der Waals surface area contributed by atoms with Crippen LogP contribution in [0.15, 0.2) is 11.6 Å². The summed E-state index contributed by atoms with van der Waals surface area (Å²) in [5, 5.41) is 5.32. The van der Waals surface area contributed by atoms with Crippen molar-refractivity contribution in [2.24, 2.45) is 0 Å². The summed E-state index contributed by atoms with van der Waals surface area (Å²) in [6.07, 6.45) is 1.68. The normalized spacial score (nSPS) is 10.9. The lowest BCUT2D eigenvalue weighted by molar-refractivity contribution is -0.136. The number of carbonyl (C=O) groups is 2. The van der Waals surface area contributed by atoms with Crippen LogP contribution in [0, 0.1) is 0 Å². The lowest BCUT2D eigenvalue weighted by Gasteiger charge is -2.01. The van der Waals surface area contributed by atoms with Gasteiger partial charge in [-0.25, -0.2) is 4.79 Å². The summed E-state index contributed by atoms with van der Waals surface area (Å²) in [4.78, 5) is 21.7. The summed E-state index contributed by atoms with van der Waals surface area (Å²) < 4.78 is 4.50. The first-order chi connectivity index (χ1) is 6.61. The summed E-state index contributed by atoms with van der Waals surface area (Å²) in [5.41, 5.74) is 0.525. The van der Waals surface area contributed by atoms with Gasteiger partial charge in [-0.1, -0.05) is 6.08 Å². The van der Waals surface area contributed by atoms with E-state index < -0.39 is 0 Å². The number of rotatable bonds is 5. The molecule has 0 aliphatic carbocycles. The fourth-order valence-corrected chi connectivity index (χ4v) is 0.744. The predicted molar refractivity (Wildman–Crippen MR) is 52.7 cm³/mol. The Labute approximate surface area is 83.5 Å². The molecule has 0 spiro atoms. The zero-order valence-electron chi connectivity index (χ0n) is 8.72. The van der Waals surface area contributed by atoms with E-state index in [-0.39, 0.29) is 18.4 Å². The summed E-state index contributed by atoms with van der Waals surface area (Å²) in [7, 11) is 2.90. The second-order valence-corrected chi connectivity index (χ2v) is 2.68. The lowest BCUT2D eigenvalue weighted by atomic mass is 10.3. The topological polar surface area (TPSA) is 67.4 Å². The number of nitrogens with one attached hydrogen (secondary N) is 2. The molecule has 2 N–H and O–H groups in total. The molecule has 0 unspecified atom stereocenters. The second kappa shape index (κ2) is 7.08. The molecule has 5 nitrogen and oxygen atoms in total. The Morgan fingerprint density at radius 3 is 2.57 bits per heavy atom. The molecule has 0 bridgehead atoms. The molecular weight excluding hydrogens is 184 g/mol. The van der Waals surface area contributed by atoms with Crippen molar-refractivity contribution in [3.05, 3.63) is 11.6 Å². The van der Waals surface area contributed by atoms with Crippen LogP contribution in [0.1, 0.15) is 6.92 Å². The Kier molecular flexibility index (Phi) is 6.39. The number of ether oxygens (including phenoxy) is 1. The highest BCUT2D eigenvalue weighted by molar-refractivity contribution is 5.87. The first-order valence-corrected chi connectivity index (χ1v) is 4.28. The van der Waals surface area contributed by atoms with Crippen molar-refractivity contribution in [3.63, 3.8) is 0 Å². The Hall–Kier alpha value is -1.36. The third kappa shape index (κ3) is 5.31. The van der Waals surface area contributed by atoms with Crippen molar-refractivity contribution < 1.29 is 14.3 Å². The highest BCUT2D eigenvalue weighted by Gasteiger charge is 2.01. The van der Waals surface area contributed by atoms with Crippen molar-refractivity contribution >= 4 is 11.9 Å². The molecular formula is C9H16N2O3. The molecule has 0 aromatic carbocycles. The van der Waals surface area contributed by atoms with E-state index in [1.54, 1.807) is 20.0 Å². The zero-order valence-corrected chi connectivity index (χ0v) is 8.72. The van der Waals surface area contributed by atoms with Gasteiger partial charge in [-0.05, 0) is 6.92 Å². The molecule has 0 aromatic heterocycles. The third-order valence-electron chi connectivity index (χ3n) is 1.62. The summed E-state index contributed by atoms with van der Waals surface area (Å²) in [6.45, 7) is 2.36. The summed E-state index contributed by atoms with van der Waals surface area (Å²) in [6, 6.07) is 0. The van der Waals surface area contributed by atoms with Crippen molar-refractivity contribution in [3.8, 4) is 0 Å². The molecule has 0 radical (unpaired) electrons. The van der Waals surface area contributed by atoms with Gasteiger partial charge >= 0.3 is 5.97 Å². The molecule has 14 heavy (non-hydrogen) atoms. The number of hydrogen-bond acceptors (Lipinski definition) is 4. The van der Waals surface area contributed by atoms with Crippen molar-refractivity contribution in [2.45, 2.75) is 6.92 Å². The average molecular weight is 200 g/mol. The van der Waals surface area contributed by atoms with Crippen LogP contribution in [0.3, 0.4) is 0 Å². The maximum atomic E-state index is 10.9. The SMILES string of the molecule is CNC(=O)CNC/C=C(/C)C(=O)OC. The number of likely N-dealkylation sites (N-methyl/N-ethyl adjacent to an activating group) is 1. The van der Waals surface area contributed by atoms with Crippen LogP contribution in [0.25, 0.3) is 0 Å². The van der Waals surface area contributed by atoms with Crippen molar-refractivity contribution in [1.29, 1.82) is 0 Å². The molecule has 0 aliphatic heterocycles. The average Bonchev–Trinajstić information content (AvgIpc) is 2.22. The summed E-state index contributed by atoms with van der Waals surface area (Å²) in [5.74, 6) is -0.444. The maximum absolute atomic E-state index is 10.9. The van der Waals surface area contributed by atoms with Crippen LogP contribution < -0.4 is 10.6 Å². The van der Waals surface area contributed by atoms with Crippen LogP contribution in [-0.2, 0) is 14.3 Å². The van der Waals surface area contributed by atoms with E-state index in [4.69, 9.17) is 0 Å². The molecule has 0 rings (SSSR count). The largest absolute Gasteiger partial charge is 0.466 e. The molecule has 80 valence electrons. The van der Waals surface area contributed by atoms with Gasteiger partial charge in [-0.2, -0.15) is 0 Å². The number of esters is 1. The Balaban J connectivity index is 3.71. The van der Waals surface area contributed by atoms with Crippen LogP contribution in [0.5, 0.6) is 0 Å². The van der Waals surface area contributed by atoms with Gasteiger partial charge in [0.25, 0.3) is 0 Å². The Bertz CT molecular complexity index is 236. The minimum atomic E-state index is -0.355. The van der Waals surface area contributed by atoms with E-state index in [0.717, 1.165) is 0 Å². The smallest absolute Gasteiger partial charge is 0.333 e. The minimum Gasteiger partial charge on any atom is -0.466 e. The van der Waals surface area contributed by atoms with Crippen LogP contribution in [0.4, 0.5) is 0 Å². The molecule has 0 aliphatic rings. The minimum absolute atomic E-state index is 0.0888. The van der Waals surface area contributed by atoms with Gasteiger partial charge < -0.3 is 15.4 Å². The monoisotopic (exact) mass is 200 g/mol. The van der Waals surface area contributed by atoms with Gasteiger partial charge in [0.15, 0.2) is 0 Å². The fraction of sp³-hybridized carbons (Fsp3) is 0.556. The Morgan fingerprint density at radius 1 is 1.43 bits per heavy atom. The molecule has 5 heteroatoms. The molecule has 1 amide bonds. The zero-order chi connectivity index (χ0) is 11.0.